The molecule has 1 aliphatic carbocycles. The monoisotopic (exact) mass is 297 g/mol. The molecule has 0 unspecified atom stereocenters. The van der Waals surface area contributed by atoms with Gasteiger partial charge >= 0.3 is 0 Å². The van der Waals surface area contributed by atoms with E-state index in [1.165, 1.54) is 17.5 Å². The van der Waals surface area contributed by atoms with E-state index in [0.29, 0.717) is 18.8 Å². The number of anilines is 1. The molecule has 0 saturated heterocycles. The Morgan fingerprint density at radius 3 is 3.10 bits per heavy atom. The van der Waals surface area contributed by atoms with Gasteiger partial charge in [-0.15, -0.1) is 6.58 Å². The van der Waals surface area contributed by atoms with Gasteiger partial charge in [-0.05, 0) is 25.2 Å². The van der Waals surface area contributed by atoms with E-state index in [1.54, 1.807) is 12.3 Å². The highest BCUT2D eigenvalue weighted by Crippen LogP contribution is 2.28. The van der Waals surface area contributed by atoms with Gasteiger partial charge in [0, 0.05) is 19.8 Å². The van der Waals surface area contributed by atoms with Crippen molar-refractivity contribution < 1.29 is 4.74 Å². The second-order valence-electron chi connectivity index (χ2n) is 4.95. The Kier molecular flexibility index (Phi) is 5.61. The van der Waals surface area contributed by atoms with Gasteiger partial charge in [-0.2, -0.15) is 5.10 Å². The fourth-order valence-electron chi connectivity index (χ4n) is 1.77. The average molecular weight is 298 g/mol. The van der Waals surface area contributed by atoms with E-state index >= 15 is 0 Å². The van der Waals surface area contributed by atoms with Gasteiger partial charge in [-0.25, -0.2) is 4.68 Å². The molecule has 110 valence electrons. The molecule has 6 heteroatoms. The zero-order chi connectivity index (χ0) is 14.4. The normalized spacial score (nSPS) is 14.2. The average Bonchev–Trinajstić information content (AvgIpc) is 3.25. The van der Waals surface area contributed by atoms with Crippen molar-refractivity contribution >= 4 is 17.3 Å². The third kappa shape index (κ3) is 4.35. The maximum Gasteiger partial charge on any atom is 0.287 e. The van der Waals surface area contributed by atoms with Crippen LogP contribution < -0.4 is 10.9 Å². The number of aromatic nitrogens is 2. The summed E-state index contributed by atoms with van der Waals surface area (Å²) in [6.07, 6.45) is 6.66. The quantitative estimate of drug-likeness (QED) is 0.561. The molecule has 1 fully saturated rings. The van der Waals surface area contributed by atoms with Gasteiger partial charge in [0.25, 0.3) is 5.56 Å². The second-order valence-corrected chi connectivity index (χ2v) is 5.32. The molecule has 20 heavy (non-hydrogen) atoms. The third-order valence-corrected chi connectivity index (χ3v) is 3.48. The summed E-state index contributed by atoms with van der Waals surface area (Å²) in [6.45, 7) is 6.23. The van der Waals surface area contributed by atoms with E-state index in [0.717, 1.165) is 25.6 Å². The Labute approximate surface area is 123 Å². The summed E-state index contributed by atoms with van der Waals surface area (Å²) in [6, 6.07) is 0. The minimum Gasteiger partial charge on any atom is -0.382 e. The van der Waals surface area contributed by atoms with Crippen LogP contribution in [0, 0.1) is 5.92 Å². The van der Waals surface area contributed by atoms with Crippen LogP contribution in [0.25, 0.3) is 0 Å². The summed E-state index contributed by atoms with van der Waals surface area (Å²) < 4.78 is 6.81. The van der Waals surface area contributed by atoms with E-state index in [2.05, 4.69) is 17.0 Å². The van der Waals surface area contributed by atoms with E-state index in [1.807, 2.05) is 0 Å². The maximum atomic E-state index is 11.9. The lowest BCUT2D eigenvalue weighted by molar-refractivity contribution is 0.124. The van der Waals surface area contributed by atoms with Gasteiger partial charge in [-0.3, -0.25) is 4.79 Å². The summed E-state index contributed by atoms with van der Waals surface area (Å²) in [4.78, 5) is 11.9. The fraction of sp³-hybridized carbons (Fsp3) is 0.571. The highest BCUT2D eigenvalue weighted by Gasteiger charge is 2.20. The highest BCUT2D eigenvalue weighted by molar-refractivity contribution is 6.32. The van der Waals surface area contributed by atoms with Gasteiger partial charge < -0.3 is 10.1 Å². The Balaban J connectivity index is 1.75. The number of nitrogens with zero attached hydrogens (tertiary/aromatic N) is 2. The summed E-state index contributed by atoms with van der Waals surface area (Å²) in [5.74, 6) is 0.791. The molecule has 0 amide bonds. The minimum absolute atomic E-state index is 0.167. The highest BCUT2D eigenvalue weighted by atomic mass is 35.5. The van der Waals surface area contributed by atoms with Gasteiger partial charge in [0.15, 0.2) is 0 Å². The van der Waals surface area contributed by atoms with Crippen molar-refractivity contribution in [2.75, 3.05) is 25.1 Å². The largest absolute Gasteiger partial charge is 0.382 e. The van der Waals surface area contributed by atoms with Crippen LogP contribution in [-0.4, -0.2) is 29.5 Å². The smallest absolute Gasteiger partial charge is 0.287 e. The Bertz CT molecular complexity index is 512. The number of nitrogens with one attached hydrogen (secondary N) is 1. The van der Waals surface area contributed by atoms with Crippen molar-refractivity contribution in [1.29, 1.82) is 0 Å². The van der Waals surface area contributed by atoms with Gasteiger partial charge in [0.2, 0.25) is 0 Å². The SMILES string of the molecule is C=CCn1ncc(NCCCOCC2CC2)c(Cl)c1=O. The molecular formula is C14H20ClN3O2. The number of hydrogen-bond donors (Lipinski definition) is 1. The predicted molar refractivity (Wildman–Crippen MR) is 80.4 cm³/mol. The van der Waals surface area contributed by atoms with Crippen LogP contribution in [0.2, 0.25) is 5.02 Å². The van der Waals surface area contributed by atoms with Crippen LogP contribution in [0.15, 0.2) is 23.6 Å². The Hall–Kier alpha value is -1.33. The summed E-state index contributed by atoms with van der Waals surface area (Å²) in [5, 5.41) is 7.31. The first-order valence-corrected chi connectivity index (χ1v) is 7.28. The van der Waals surface area contributed by atoms with Crippen LogP contribution in [0.3, 0.4) is 0 Å². The van der Waals surface area contributed by atoms with Gasteiger partial charge in [0.1, 0.15) is 5.02 Å². The number of halogens is 1. The van der Waals surface area contributed by atoms with E-state index in [4.69, 9.17) is 16.3 Å². The molecule has 2 rings (SSSR count). The van der Waals surface area contributed by atoms with Crippen molar-refractivity contribution in [3.63, 3.8) is 0 Å². The van der Waals surface area contributed by atoms with Gasteiger partial charge in [-0.1, -0.05) is 17.7 Å². The standard InChI is InChI=1S/C14H20ClN3O2/c1-2-7-18-14(19)13(15)12(9-17-18)16-6-3-8-20-10-11-4-5-11/h2,9,11,16H,1,3-8,10H2. The Morgan fingerprint density at radius 1 is 1.60 bits per heavy atom. The topological polar surface area (TPSA) is 56.1 Å². The van der Waals surface area contributed by atoms with Crippen LogP contribution in [0.1, 0.15) is 19.3 Å². The van der Waals surface area contributed by atoms with E-state index in [-0.39, 0.29) is 10.6 Å². The van der Waals surface area contributed by atoms with E-state index < -0.39 is 0 Å². The van der Waals surface area contributed by atoms with Crippen LogP contribution in [-0.2, 0) is 11.3 Å². The van der Waals surface area contributed by atoms with Crippen molar-refractivity contribution in [2.24, 2.45) is 5.92 Å². The molecule has 1 heterocycles. The zero-order valence-electron chi connectivity index (χ0n) is 11.5. The molecular weight excluding hydrogens is 278 g/mol. The number of allylic oxidation sites excluding steroid dienone is 1. The van der Waals surface area contributed by atoms with Crippen LogP contribution in [0.4, 0.5) is 5.69 Å². The molecule has 1 saturated carbocycles. The summed E-state index contributed by atoms with van der Waals surface area (Å²) in [7, 11) is 0. The number of hydrogen-bond acceptors (Lipinski definition) is 4. The molecule has 0 aliphatic heterocycles. The van der Waals surface area contributed by atoms with Crippen molar-refractivity contribution in [3.8, 4) is 0 Å². The number of ether oxygens (including phenoxy) is 1. The van der Waals surface area contributed by atoms with Crippen molar-refractivity contribution in [1.82, 2.24) is 9.78 Å². The first-order chi connectivity index (χ1) is 9.72. The summed E-state index contributed by atoms with van der Waals surface area (Å²) >= 11 is 6.02. The molecule has 0 bridgehead atoms. The zero-order valence-corrected chi connectivity index (χ0v) is 12.2. The Morgan fingerprint density at radius 2 is 2.40 bits per heavy atom. The van der Waals surface area contributed by atoms with Crippen molar-refractivity contribution in [3.05, 3.63) is 34.2 Å². The second kappa shape index (κ2) is 7.45. The molecule has 0 radical (unpaired) electrons. The lowest BCUT2D eigenvalue weighted by atomic mass is 10.4. The van der Waals surface area contributed by atoms with Crippen molar-refractivity contribution in [2.45, 2.75) is 25.8 Å². The van der Waals surface area contributed by atoms with Crippen LogP contribution in [0.5, 0.6) is 0 Å². The molecule has 0 aromatic carbocycles. The lowest BCUT2D eigenvalue weighted by Gasteiger charge is -2.09. The molecule has 0 spiro atoms. The minimum atomic E-state index is -0.304. The molecule has 5 nitrogen and oxygen atoms in total. The van der Waals surface area contributed by atoms with Gasteiger partial charge in [0.05, 0.1) is 18.4 Å². The molecule has 1 aromatic rings. The predicted octanol–water partition coefficient (Wildman–Crippen LogP) is 2.31. The fourth-order valence-corrected chi connectivity index (χ4v) is 1.99. The molecule has 0 atom stereocenters. The third-order valence-electron chi connectivity index (χ3n) is 3.12. The molecule has 1 N–H and O–H groups in total. The first-order valence-electron chi connectivity index (χ1n) is 6.90. The lowest BCUT2D eigenvalue weighted by Crippen LogP contribution is -2.24. The molecule has 1 aliphatic rings. The van der Waals surface area contributed by atoms with Crippen LogP contribution >= 0.6 is 11.6 Å². The summed E-state index contributed by atoms with van der Waals surface area (Å²) in [5.41, 5.74) is 0.265. The maximum absolute atomic E-state index is 11.9. The van der Waals surface area contributed by atoms with E-state index in [9.17, 15) is 4.79 Å². The molecule has 1 aromatic heterocycles. The first kappa shape index (κ1) is 15.1. The number of rotatable bonds is 9.